The lowest BCUT2D eigenvalue weighted by Crippen LogP contribution is -2.49. The molecule has 148 valence electrons. The number of hydrogen-bond donors (Lipinski definition) is 2. The number of halogens is 2. The first kappa shape index (κ1) is 21.9. The molecule has 1 fully saturated rings. The summed E-state index contributed by atoms with van der Waals surface area (Å²) in [6.07, 6.45) is 2.02. The highest BCUT2D eigenvalue weighted by Gasteiger charge is 2.20. The summed E-state index contributed by atoms with van der Waals surface area (Å²) in [4.78, 5) is 7.99. The van der Waals surface area contributed by atoms with Crippen LogP contribution in [-0.2, 0) is 0 Å². The summed E-state index contributed by atoms with van der Waals surface area (Å²) < 4.78 is 13.4. The van der Waals surface area contributed by atoms with Gasteiger partial charge in [0.05, 0.1) is 0 Å². The number of hydrogen-bond acceptors (Lipinski definition) is 3. The molecule has 1 atom stereocenters. The predicted molar refractivity (Wildman–Crippen MR) is 124 cm³/mol. The predicted octanol–water partition coefficient (Wildman–Crippen LogP) is 4.44. The minimum atomic E-state index is -0.174. The Labute approximate surface area is 182 Å². The molecule has 4 nitrogen and oxygen atoms in total. The Kier molecular flexibility index (Phi) is 8.82. The van der Waals surface area contributed by atoms with Crippen LogP contribution in [0.5, 0.6) is 0 Å². The van der Waals surface area contributed by atoms with Crippen LogP contribution in [-0.4, -0.2) is 38.7 Å². The van der Waals surface area contributed by atoms with E-state index in [1.165, 1.54) is 10.9 Å². The number of nitrogens with zero attached hydrogens (tertiary/aromatic N) is 2. The van der Waals surface area contributed by atoms with Crippen molar-refractivity contribution in [3.63, 3.8) is 0 Å². The van der Waals surface area contributed by atoms with Gasteiger partial charge in [-0.1, -0.05) is 19.1 Å². The van der Waals surface area contributed by atoms with Gasteiger partial charge in [0.2, 0.25) is 0 Å². The molecule has 2 N–H and O–H groups in total. The number of guanidine groups is 1. The third-order valence-electron chi connectivity index (χ3n) is 4.84. The van der Waals surface area contributed by atoms with Gasteiger partial charge >= 0.3 is 0 Å². The summed E-state index contributed by atoms with van der Waals surface area (Å²) in [7, 11) is 1.81. The van der Waals surface area contributed by atoms with Crippen LogP contribution >= 0.6 is 35.3 Å². The molecule has 7 heteroatoms. The molecule has 3 rings (SSSR count). The molecular weight excluding hydrogens is 474 g/mol. The monoisotopic (exact) mass is 502 g/mol. The van der Waals surface area contributed by atoms with Crippen molar-refractivity contribution >= 4 is 47.0 Å². The molecule has 1 aromatic carbocycles. The lowest BCUT2D eigenvalue weighted by Gasteiger charge is -2.34. The van der Waals surface area contributed by atoms with Gasteiger partial charge < -0.3 is 15.5 Å². The van der Waals surface area contributed by atoms with Gasteiger partial charge in [0, 0.05) is 49.2 Å². The lowest BCUT2D eigenvalue weighted by atomic mass is 10.0. The zero-order valence-corrected chi connectivity index (χ0v) is 19.0. The van der Waals surface area contributed by atoms with E-state index < -0.39 is 0 Å². The Morgan fingerprint density at radius 1 is 1.30 bits per heavy atom. The average molecular weight is 502 g/mol. The van der Waals surface area contributed by atoms with Gasteiger partial charge in [0.15, 0.2) is 5.96 Å². The largest absolute Gasteiger partial charge is 0.371 e. The molecule has 2 heterocycles. The molecule has 1 aliphatic rings. The Morgan fingerprint density at radius 3 is 2.70 bits per heavy atom. The highest BCUT2D eigenvalue weighted by molar-refractivity contribution is 14.0. The van der Waals surface area contributed by atoms with Crippen LogP contribution in [0, 0.1) is 5.82 Å². The van der Waals surface area contributed by atoms with Crippen molar-refractivity contribution in [1.82, 2.24) is 10.6 Å². The Morgan fingerprint density at radius 2 is 2.07 bits per heavy atom. The molecular formula is C20H28FIN4S. The molecule has 0 radical (unpaired) electrons. The third kappa shape index (κ3) is 6.34. The number of piperidine rings is 1. The molecule has 0 amide bonds. The van der Waals surface area contributed by atoms with Crippen molar-refractivity contribution in [2.45, 2.75) is 31.7 Å². The highest BCUT2D eigenvalue weighted by atomic mass is 127. The summed E-state index contributed by atoms with van der Waals surface area (Å²) in [6, 6.07) is 11.5. The second-order valence-corrected chi connectivity index (χ2v) is 7.73. The first-order valence-corrected chi connectivity index (χ1v) is 10.0. The summed E-state index contributed by atoms with van der Waals surface area (Å²) in [5.41, 5.74) is 0.968. The van der Waals surface area contributed by atoms with Crippen LogP contribution < -0.4 is 15.5 Å². The molecule has 2 aromatic rings. The summed E-state index contributed by atoms with van der Waals surface area (Å²) in [6.45, 7) is 4.93. The lowest BCUT2D eigenvalue weighted by molar-refractivity contribution is 0.460. The van der Waals surface area contributed by atoms with E-state index >= 15 is 0 Å². The minimum absolute atomic E-state index is 0. The second kappa shape index (κ2) is 10.8. The standard InChI is InChI=1S/C20H27FN4S.HI/c1-15(19-7-4-12-26-19)14-23-20(22-2)24-17-8-10-25(11-9-17)18-6-3-5-16(21)13-18;/h3-7,12-13,15,17H,8-11,14H2,1-2H3,(H2,22,23,24);1H. The van der Waals surface area contributed by atoms with Crippen molar-refractivity contribution in [2.75, 3.05) is 31.6 Å². The van der Waals surface area contributed by atoms with Gasteiger partial charge in [-0.25, -0.2) is 4.39 Å². The number of rotatable bonds is 5. The molecule has 0 aliphatic carbocycles. The number of anilines is 1. The molecule has 0 saturated carbocycles. The maximum absolute atomic E-state index is 13.4. The smallest absolute Gasteiger partial charge is 0.191 e. The van der Waals surface area contributed by atoms with Crippen molar-refractivity contribution < 1.29 is 4.39 Å². The molecule has 1 aliphatic heterocycles. The zero-order valence-electron chi connectivity index (χ0n) is 15.8. The van der Waals surface area contributed by atoms with Crippen LogP contribution in [0.15, 0.2) is 46.8 Å². The van der Waals surface area contributed by atoms with E-state index in [1.807, 2.05) is 13.1 Å². The van der Waals surface area contributed by atoms with Gasteiger partial charge in [0.1, 0.15) is 5.82 Å². The minimum Gasteiger partial charge on any atom is -0.371 e. The third-order valence-corrected chi connectivity index (χ3v) is 5.94. The average Bonchev–Trinajstić information content (AvgIpc) is 3.20. The van der Waals surface area contributed by atoms with Crippen LogP contribution in [0.3, 0.4) is 0 Å². The second-order valence-electron chi connectivity index (χ2n) is 6.76. The zero-order chi connectivity index (χ0) is 18.4. The summed E-state index contributed by atoms with van der Waals surface area (Å²) in [5, 5.41) is 9.09. The van der Waals surface area contributed by atoms with Crippen LogP contribution in [0.2, 0.25) is 0 Å². The number of thiophene rings is 1. The summed E-state index contributed by atoms with van der Waals surface area (Å²) in [5.74, 6) is 1.15. The number of benzene rings is 1. The molecule has 1 unspecified atom stereocenters. The normalized spacial score (nSPS) is 16.6. The molecule has 27 heavy (non-hydrogen) atoms. The molecule has 1 aromatic heterocycles. The van der Waals surface area contributed by atoms with Gasteiger partial charge in [-0.15, -0.1) is 35.3 Å². The van der Waals surface area contributed by atoms with Gasteiger partial charge in [-0.3, -0.25) is 4.99 Å². The van der Waals surface area contributed by atoms with Crippen LogP contribution in [0.25, 0.3) is 0 Å². The fraction of sp³-hybridized carbons (Fsp3) is 0.450. The Balaban J connectivity index is 0.00000261. The Hall–Kier alpha value is -1.35. The van der Waals surface area contributed by atoms with E-state index in [1.54, 1.807) is 23.5 Å². The highest BCUT2D eigenvalue weighted by Crippen LogP contribution is 2.21. The SMILES string of the molecule is CN=C(NCC(C)c1cccs1)NC1CCN(c2cccc(F)c2)CC1.I. The van der Waals surface area contributed by atoms with Crippen molar-refractivity contribution in [1.29, 1.82) is 0 Å². The van der Waals surface area contributed by atoms with Gasteiger partial charge in [-0.2, -0.15) is 0 Å². The Bertz CT molecular complexity index is 715. The van der Waals surface area contributed by atoms with Crippen molar-refractivity contribution in [3.8, 4) is 0 Å². The first-order valence-electron chi connectivity index (χ1n) is 9.17. The summed E-state index contributed by atoms with van der Waals surface area (Å²) >= 11 is 1.79. The van der Waals surface area contributed by atoms with Gasteiger partial charge in [0.25, 0.3) is 0 Å². The van der Waals surface area contributed by atoms with E-state index in [9.17, 15) is 4.39 Å². The van der Waals surface area contributed by atoms with Crippen molar-refractivity contribution in [2.24, 2.45) is 4.99 Å². The molecule has 1 saturated heterocycles. The molecule has 0 bridgehead atoms. The number of nitrogens with one attached hydrogen (secondary N) is 2. The topological polar surface area (TPSA) is 39.7 Å². The fourth-order valence-corrected chi connectivity index (χ4v) is 4.05. The van der Waals surface area contributed by atoms with E-state index in [0.29, 0.717) is 12.0 Å². The van der Waals surface area contributed by atoms with E-state index in [2.05, 4.69) is 45.0 Å². The maximum atomic E-state index is 13.4. The van der Waals surface area contributed by atoms with Gasteiger partial charge in [-0.05, 0) is 42.5 Å². The van der Waals surface area contributed by atoms with E-state index in [-0.39, 0.29) is 29.8 Å². The van der Waals surface area contributed by atoms with E-state index in [0.717, 1.165) is 44.1 Å². The van der Waals surface area contributed by atoms with Crippen molar-refractivity contribution in [3.05, 3.63) is 52.5 Å². The van der Waals surface area contributed by atoms with Crippen LogP contribution in [0.1, 0.15) is 30.6 Å². The number of aliphatic imine (C=N–C) groups is 1. The van der Waals surface area contributed by atoms with Crippen LogP contribution in [0.4, 0.5) is 10.1 Å². The first-order chi connectivity index (χ1) is 12.7. The molecule has 0 spiro atoms. The fourth-order valence-electron chi connectivity index (χ4n) is 3.26. The maximum Gasteiger partial charge on any atom is 0.191 e. The van der Waals surface area contributed by atoms with E-state index in [4.69, 9.17) is 0 Å². The quantitative estimate of drug-likeness (QED) is 0.361.